The Hall–Kier alpha value is -1.62. The summed E-state index contributed by atoms with van der Waals surface area (Å²) in [6, 6.07) is 5.43. The number of piperidine rings is 1. The Labute approximate surface area is 113 Å². The monoisotopic (exact) mass is 263 g/mol. The van der Waals surface area contributed by atoms with Gasteiger partial charge in [0.25, 0.3) is 5.69 Å². The molecule has 0 aromatic heterocycles. The summed E-state index contributed by atoms with van der Waals surface area (Å²) < 4.78 is 0. The molecule has 0 amide bonds. The molecule has 104 valence electrons. The van der Waals surface area contributed by atoms with Gasteiger partial charge in [0, 0.05) is 25.2 Å². The minimum absolute atomic E-state index is 0.188. The van der Waals surface area contributed by atoms with Gasteiger partial charge in [-0.3, -0.25) is 10.1 Å². The lowest BCUT2D eigenvalue weighted by atomic mass is 9.89. The smallest absolute Gasteiger partial charge is 0.292 e. The molecule has 1 aromatic rings. The summed E-state index contributed by atoms with van der Waals surface area (Å²) >= 11 is 0. The third kappa shape index (κ3) is 2.56. The molecular weight excluding hydrogens is 242 g/mol. The number of nitro groups is 1. The normalized spacial score (nSPS) is 23.4. The predicted molar refractivity (Wildman–Crippen MR) is 76.4 cm³/mol. The Morgan fingerprint density at radius 2 is 2.26 bits per heavy atom. The molecule has 0 spiro atoms. The van der Waals surface area contributed by atoms with Crippen molar-refractivity contribution >= 4 is 11.4 Å². The molecule has 1 aliphatic heterocycles. The van der Waals surface area contributed by atoms with Gasteiger partial charge in [-0.15, -0.1) is 0 Å². The second kappa shape index (κ2) is 5.57. The first-order valence-electron chi connectivity index (χ1n) is 6.77. The average Bonchev–Trinajstić information content (AvgIpc) is 2.38. The molecule has 5 nitrogen and oxygen atoms in total. The van der Waals surface area contributed by atoms with E-state index in [4.69, 9.17) is 5.73 Å². The molecule has 0 radical (unpaired) electrons. The highest BCUT2D eigenvalue weighted by Crippen LogP contribution is 2.36. The zero-order chi connectivity index (χ0) is 14.0. The van der Waals surface area contributed by atoms with Crippen molar-refractivity contribution in [3.63, 3.8) is 0 Å². The molecule has 1 aromatic carbocycles. The van der Waals surface area contributed by atoms with Crippen molar-refractivity contribution in [2.45, 2.75) is 32.7 Å². The van der Waals surface area contributed by atoms with Crippen molar-refractivity contribution in [2.24, 2.45) is 11.7 Å². The Bertz CT molecular complexity index is 476. The molecule has 2 rings (SSSR count). The van der Waals surface area contributed by atoms with Gasteiger partial charge in [-0.2, -0.15) is 0 Å². The van der Waals surface area contributed by atoms with Gasteiger partial charge in [-0.1, -0.05) is 19.1 Å². The molecule has 2 unspecified atom stereocenters. The number of para-hydroxylation sites is 1. The van der Waals surface area contributed by atoms with E-state index in [0.717, 1.165) is 30.6 Å². The van der Waals surface area contributed by atoms with Crippen molar-refractivity contribution in [2.75, 3.05) is 18.0 Å². The van der Waals surface area contributed by atoms with E-state index in [-0.39, 0.29) is 16.7 Å². The Morgan fingerprint density at radius 3 is 2.89 bits per heavy atom. The van der Waals surface area contributed by atoms with E-state index in [9.17, 15) is 10.1 Å². The average molecular weight is 263 g/mol. The number of nitrogens with two attached hydrogens (primary N) is 1. The van der Waals surface area contributed by atoms with Gasteiger partial charge in [0.2, 0.25) is 0 Å². The van der Waals surface area contributed by atoms with Crippen LogP contribution in [0.15, 0.2) is 18.2 Å². The summed E-state index contributed by atoms with van der Waals surface area (Å²) in [5.41, 5.74) is 7.76. The highest BCUT2D eigenvalue weighted by molar-refractivity contribution is 5.68. The van der Waals surface area contributed by atoms with Gasteiger partial charge in [0.1, 0.15) is 5.69 Å². The lowest BCUT2D eigenvalue weighted by Crippen LogP contribution is -2.49. The van der Waals surface area contributed by atoms with Crippen molar-refractivity contribution in [1.82, 2.24) is 0 Å². The first kappa shape index (κ1) is 13.8. The topological polar surface area (TPSA) is 72.4 Å². The van der Waals surface area contributed by atoms with Crippen LogP contribution < -0.4 is 10.6 Å². The fraction of sp³-hybridized carbons (Fsp3) is 0.571. The molecule has 5 heteroatoms. The van der Waals surface area contributed by atoms with E-state index in [1.165, 1.54) is 0 Å². The molecular formula is C14H21N3O2. The van der Waals surface area contributed by atoms with Crippen LogP contribution >= 0.6 is 0 Å². The SMILES string of the molecule is Cc1cccc([N+](=O)[O-])c1N1CCCC(C)C1CN. The van der Waals surface area contributed by atoms with E-state index in [0.29, 0.717) is 12.5 Å². The highest BCUT2D eigenvalue weighted by atomic mass is 16.6. The fourth-order valence-corrected chi connectivity index (χ4v) is 3.05. The molecule has 2 atom stereocenters. The second-order valence-electron chi connectivity index (χ2n) is 5.32. The number of aryl methyl sites for hydroxylation is 1. The molecule has 1 aliphatic rings. The molecule has 1 fully saturated rings. The maximum atomic E-state index is 11.2. The van der Waals surface area contributed by atoms with Crippen LogP contribution in [-0.2, 0) is 0 Å². The summed E-state index contributed by atoms with van der Waals surface area (Å²) in [5.74, 6) is 0.470. The zero-order valence-electron chi connectivity index (χ0n) is 11.5. The maximum absolute atomic E-state index is 11.2. The number of rotatable bonds is 3. The summed E-state index contributed by atoms with van der Waals surface area (Å²) in [7, 11) is 0. The fourth-order valence-electron chi connectivity index (χ4n) is 3.05. The molecule has 0 saturated carbocycles. The lowest BCUT2D eigenvalue weighted by molar-refractivity contribution is -0.384. The van der Waals surface area contributed by atoms with Crippen molar-refractivity contribution in [1.29, 1.82) is 0 Å². The maximum Gasteiger partial charge on any atom is 0.292 e. The molecule has 2 N–H and O–H groups in total. The first-order valence-corrected chi connectivity index (χ1v) is 6.77. The standard InChI is InChI=1S/C14H21N3O2/c1-10-6-4-8-16(13(10)9-15)14-11(2)5-3-7-12(14)17(18)19/h3,5,7,10,13H,4,6,8-9,15H2,1-2H3. The number of nitrogens with zero attached hydrogens (tertiary/aromatic N) is 2. The number of nitro benzene ring substituents is 1. The number of hydrogen-bond acceptors (Lipinski definition) is 4. The summed E-state index contributed by atoms with van der Waals surface area (Å²) in [5, 5.41) is 11.2. The molecule has 0 aliphatic carbocycles. The van der Waals surface area contributed by atoms with Crippen LogP contribution in [0.25, 0.3) is 0 Å². The van der Waals surface area contributed by atoms with E-state index in [2.05, 4.69) is 11.8 Å². The van der Waals surface area contributed by atoms with E-state index >= 15 is 0 Å². The Balaban J connectivity index is 2.47. The Kier molecular flexibility index (Phi) is 4.04. The minimum Gasteiger partial charge on any atom is -0.361 e. The van der Waals surface area contributed by atoms with E-state index in [1.54, 1.807) is 12.1 Å². The van der Waals surface area contributed by atoms with Gasteiger partial charge in [-0.25, -0.2) is 0 Å². The zero-order valence-corrected chi connectivity index (χ0v) is 11.5. The molecule has 1 heterocycles. The van der Waals surface area contributed by atoms with Gasteiger partial charge >= 0.3 is 0 Å². The van der Waals surface area contributed by atoms with Crippen LogP contribution in [-0.4, -0.2) is 24.1 Å². The quantitative estimate of drug-likeness (QED) is 0.671. The first-order chi connectivity index (χ1) is 9.06. The van der Waals surface area contributed by atoms with Crippen molar-refractivity contribution in [3.05, 3.63) is 33.9 Å². The minimum atomic E-state index is -0.296. The van der Waals surface area contributed by atoms with Gasteiger partial charge in [0.15, 0.2) is 0 Å². The number of benzene rings is 1. The Morgan fingerprint density at radius 1 is 1.53 bits per heavy atom. The van der Waals surface area contributed by atoms with Crippen molar-refractivity contribution in [3.8, 4) is 0 Å². The van der Waals surface area contributed by atoms with E-state index < -0.39 is 0 Å². The molecule has 1 saturated heterocycles. The van der Waals surface area contributed by atoms with Crippen LogP contribution in [0.2, 0.25) is 0 Å². The predicted octanol–water partition coefficient (Wildman–Crippen LogP) is 2.47. The van der Waals surface area contributed by atoms with Crippen LogP contribution in [0.4, 0.5) is 11.4 Å². The molecule has 0 bridgehead atoms. The highest BCUT2D eigenvalue weighted by Gasteiger charge is 2.32. The second-order valence-corrected chi connectivity index (χ2v) is 5.32. The summed E-state index contributed by atoms with van der Waals surface area (Å²) in [6.45, 7) is 5.48. The van der Waals surface area contributed by atoms with Gasteiger partial charge in [0.05, 0.1) is 4.92 Å². The largest absolute Gasteiger partial charge is 0.361 e. The lowest BCUT2D eigenvalue weighted by Gasteiger charge is -2.41. The van der Waals surface area contributed by atoms with Crippen LogP contribution in [0, 0.1) is 23.0 Å². The summed E-state index contributed by atoms with van der Waals surface area (Å²) in [4.78, 5) is 13.1. The van der Waals surface area contributed by atoms with Gasteiger partial charge in [-0.05, 0) is 31.2 Å². The van der Waals surface area contributed by atoms with Gasteiger partial charge < -0.3 is 10.6 Å². The third-order valence-electron chi connectivity index (χ3n) is 4.06. The number of hydrogen-bond donors (Lipinski definition) is 1. The van der Waals surface area contributed by atoms with E-state index in [1.807, 2.05) is 13.0 Å². The van der Waals surface area contributed by atoms with Crippen LogP contribution in [0.5, 0.6) is 0 Å². The summed E-state index contributed by atoms with van der Waals surface area (Å²) in [6.07, 6.45) is 2.20. The molecule has 19 heavy (non-hydrogen) atoms. The van der Waals surface area contributed by atoms with Crippen LogP contribution in [0.3, 0.4) is 0 Å². The number of anilines is 1. The van der Waals surface area contributed by atoms with Crippen LogP contribution in [0.1, 0.15) is 25.3 Å². The third-order valence-corrected chi connectivity index (χ3v) is 4.06. The van der Waals surface area contributed by atoms with Crippen molar-refractivity contribution < 1.29 is 4.92 Å².